The molecule has 0 saturated heterocycles. The van der Waals surface area contributed by atoms with Crippen LogP contribution in [0.3, 0.4) is 0 Å². The van der Waals surface area contributed by atoms with Crippen LogP contribution in [0.25, 0.3) is 17.2 Å². The number of nitrogens with two attached hydrogens (primary N) is 1. The molecular weight excluding hydrogens is 422 g/mol. The van der Waals surface area contributed by atoms with E-state index in [0.717, 1.165) is 6.42 Å². The van der Waals surface area contributed by atoms with E-state index in [2.05, 4.69) is 5.32 Å². The van der Waals surface area contributed by atoms with Crippen LogP contribution in [-0.2, 0) is 21.1 Å². The largest absolute Gasteiger partial charge is 2.00 e. The van der Waals surface area contributed by atoms with E-state index in [9.17, 15) is 8.78 Å². The first-order valence-corrected chi connectivity index (χ1v) is 5.61. The van der Waals surface area contributed by atoms with Crippen LogP contribution in [0.1, 0.15) is 25.8 Å². The third-order valence-electron chi connectivity index (χ3n) is 2.49. The summed E-state index contributed by atoms with van der Waals surface area (Å²) in [6.45, 7) is 4.37. The summed E-state index contributed by atoms with van der Waals surface area (Å²) in [6.07, 6.45) is 2.33. The number of hydrogen-bond donors (Lipinski definition) is 0. The summed E-state index contributed by atoms with van der Waals surface area (Å²) in [5.41, 5.74) is 1.08. The van der Waals surface area contributed by atoms with Gasteiger partial charge in [-0.15, -0.1) is 0 Å². The van der Waals surface area contributed by atoms with Gasteiger partial charge in [0.05, 0.1) is 6.61 Å². The number of nitrogens with zero attached hydrogens (tertiary/aromatic N) is 1. The Balaban J connectivity index is 0.00000162. The van der Waals surface area contributed by atoms with Gasteiger partial charge in [-0.1, -0.05) is 13.8 Å². The molecule has 104 valence electrons. The number of rotatable bonds is 5. The van der Waals surface area contributed by atoms with Gasteiger partial charge in [-0.05, 0) is 30.0 Å². The zero-order valence-electron chi connectivity index (χ0n) is 10.8. The smallest absolute Gasteiger partial charge is 0.693 e. The van der Waals surface area contributed by atoms with Gasteiger partial charge < -0.3 is 16.2 Å². The minimum atomic E-state index is -0.674. The van der Waals surface area contributed by atoms with Gasteiger partial charge in [0.2, 0.25) is 0 Å². The summed E-state index contributed by atoms with van der Waals surface area (Å²) in [4.78, 5) is 0. The van der Waals surface area contributed by atoms with Crippen LogP contribution in [-0.4, -0.2) is 6.61 Å². The number of hydrogen-bond acceptors (Lipinski definition) is 1. The Hall–Kier alpha value is -0.932. The minimum Gasteiger partial charge on any atom is -0.693 e. The van der Waals surface area contributed by atoms with E-state index in [-0.39, 0.29) is 33.0 Å². The van der Waals surface area contributed by atoms with Crippen molar-refractivity contribution in [3.05, 3.63) is 47.0 Å². The van der Waals surface area contributed by atoms with Crippen molar-refractivity contribution in [2.45, 2.75) is 20.3 Å². The molecule has 1 aliphatic heterocycles. The molecule has 19 heavy (non-hydrogen) atoms. The molecule has 0 spiro atoms. The summed E-state index contributed by atoms with van der Waals surface area (Å²) in [5, 5.41) is 3.79. The minimum absolute atomic E-state index is 0. The monoisotopic (exact) mass is 438 g/mol. The van der Waals surface area contributed by atoms with Crippen molar-refractivity contribution in [3.63, 3.8) is 0 Å². The molecule has 1 heterocycles. The van der Waals surface area contributed by atoms with E-state index >= 15 is 0 Å². The van der Waals surface area contributed by atoms with Gasteiger partial charge in [0.15, 0.2) is 17.4 Å². The first-order valence-electron chi connectivity index (χ1n) is 5.61. The summed E-state index contributed by atoms with van der Waals surface area (Å²) >= 11 is 0. The molecule has 0 saturated carbocycles. The van der Waals surface area contributed by atoms with Crippen LogP contribution in [0.15, 0.2) is 18.3 Å². The second-order valence-corrected chi connectivity index (χ2v) is 4.44. The van der Waals surface area contributed by atoms with Crippen LogP contribution in [0.4, 0.5) is 8.78 Å². The molecule has 0 aliphatic carbocycles. The van der Waals surface area contributed by atoms with Crippen molar-refractivity contribution in [1.29, 1.82) is 0 Å². The molecule has 0 radical (unpaired) electrons. The van der Waals surface area contributed by atoms with Gasteiger partial charge in [-0.2, -0.15) is 11.9 Å². The molecule has 6 heteroatoms. The standard InChI is InChI=1S/C13H14F2NO.H2N.W/c1-8(2)3-4-17-13-10(14)5-9(6-11(13)15)12-7-16-12;;/h5-8H,3-4H2,1-2H3;1H2;/q2*-1;+2. The molecule has 0 amide bonds. The molecule has 1 aromatic rings. The maximum Gasteiger partial charge on any atom is 2.00 e. The van der Waals surface area contributed by atoms with Gasteiger partial charge in [0, 0.05) is 0 Å². The third kappa shape index (κ3) is 4.92. The van der Waals surface area contributed by atoms with E-state index in [4.69, 9.17) is 4.74 Å². The Labute approximate surface area is 126 Å². The quantitative estimate of drug-likeness (QED) is 0.653. The molecule has 0 bridgehead atoms. The second-order valence-electron chi connectivity index (χ2n) is 4.44. The van der Waals surface area contributed by atoms with Gasteiger partial charge in [-0.25, -0.2) is 8.78 Å². The van der Waals surface area contributed by atoms with Gasteiger partial charge in [0.25, 0.3) is 0 Å². The molecule has 2 rings (SSSR count). The molecular formula is C13H16F2N2OW. The summed E-state index contributed by atoms with van der Waals surface area (Å²) in [5.74, 6) is -1.20. The van der Waals surface area contributed by atoms with Crippen molar-refractivity contribution in [2.24, 2.45) is 5.92 Å². The topological polar surface area (TPSA) is 56.8 Å². The Bertz CT molecular complexity index is 441. The van der Waals surface area contributed by atoms with Crippen LogP contribution in [0, 0.1) is 17.6 Å². The van der Waals surface area contributed by atoms with Gasteiger partial charge in [-0.3, -0.25) is 0 Å². The second kappa shape index (κ2) is 7.61. The average Bonchev–Trinajstić information content (AvgIpc) is 3.04. The SMILES string of the molecule is CC(C)CCOc1c(F)cc(C2=C[N-]2)cc1F.[NH2-].[W+2]. The fraction of sp³-hybridized carbons (Fsp3) is 0.385. The first-order chi connectivity index (χ1) is 8.08. The van der Waals surface area contributed by atoms with Crippen molar-refractivity contribution in [3.8, 4) is 5.75 Å². The Kier molecular flexibility index (Phi) is 7.23. The number of halogens is 2. The van der Waals surface area contributed by atoms with Crippen LogP contribution >= 0.6 is 0 Å². The average molecular weight is 438 g/mol. The van der Waals surface area contributed by atoms with E-state index in [1.807, 2.05) is 13.8 Å². The summed E-state index contributed by atoms with van der Waals surface area (Å²) < 4.78 is 32.3. The van der Waals surface area contributed by atoms with E-state index < -0.39 is 11.6 Å². The molecule has 3 nitrogen and oxygen atoms in total. The van der Waals surface area contributed by atoms with Crippen molar-refractivity contribution < 1.29 is 34.6 Å². The molecule has 1 aromatic carbocycles. The van der Waals surface area contributed by atoms with E-state index in [1.165, 1.54) is 12.1 Å². The maximum atomic E-state index is 13.6. The van der Waals surface area contributed by atoms with Crippen molar-refractivity contribution in [1.82, 2.24) is 0 Å². The zero-order valence-corrected chi connectivity index (χ0v) is 13.8. The van der Waals surface area contributed by atoms with Gasteiger partial charge >= 0.3 is 21.1 Å². The molecule has 0 unspecified atom stereocenters. The number of ether oxygens (including phenoxy) is 1. The Morgan fingerprint density at radius 3 is 2.16 bits per heavy atom. The van der Waals surface area contributed by atoms with Crippen molar-refractivity contribution >= 4 is 5.70 Å². The van der Waals surface area contributed by atoms with Crippen molar-refractivity contribution in [2.75, 3.05) is 6.61 Å². The van der Waals surface area contributed by atoms with E-state index in [0.29, 0.717) is 23.8 Å². The molecule has 2 N–H and O–H groups in total. The molecule has 0 fully saturated rings. The number of benzene rings is 1. The van der Waals surface area contributed by atoms with Crippen LogP contribution < -0.4 is 4.74 Å². The first kappa shape index (κ1) is 18.1. The fourth-order valence-corrected chi connectivity index (χ4v) is 1.42. The molecule has 0 atom stereocenters. The predicted molar refractivity (Wildman–Crippen MR) is 67.9 cm³/mol. The predicted octanol–water partition coefficient (Wildman–Crippen LogP) is 4.79. The zero-order chi connectivity index (χ0) is 12.4. The van der Waals surface area contributed by atoms with Crippen LogP contribution in [0.5, 0.6) is 5.75 Å². The summed E-state index contributed by atoms with van der Waals surface area (Å²) in [6, 6.07) is 2.49. The summed E-state index contributed by atoms with van der Waals surface area (Å²) in [7, 11) is 0. The Morgan fingerprint density at radius 2 is 1.74 bits per heavy atom. The Morgan fingerprint density at radius 1 is 1.21 bits per heavy atom. The third-order valence-corrected chi connectivity index (χ3v) is 2.49. The van der Waals surface area contributed by atoms with Crippen LogP contribution in [0.2, 0.25) is 0 Å². The van der Waals surface area contributed by atoms with E-state index in [1.54, 1.807) is 6.20 Å². The maximum absolute atomic E-state index is 13.6. The normalized spacial score (nSPS) is 11.9. The molecule has 1 aliphatic rings. The van der Waals surface area contributed by atoms with Gasteiger partial charge in [0.1, 0.15) is 0 Å². The molecule has 0 aromatic heterocycles. The fourth-order valence-electron chi connectivity index (χ4n) is 1.42.